The molecule has 0 saturated carbocycles. The first-order valence-electron chi connectivity index (χ1n) is 7.71. The van der Waals surface area contributed by atoms with Crippen LogP contribution >= 0.6 is 24.0 Å². The number of hydrogen-bond acceptors (Lipinski definition) is 4. The zero-order valence-corrected chi connectivity index (χ0v) is 17.3. The zero-order valence-electron chi connectivity index (χ0n) is 14.9. The Bertz CT molecular complexity index is 697. The lowest BCUT2D eigenvalue weighted by Crippen LogP contribution is -2.44. The first kappa shape index (κ1) is 21.0. The van der Waals surface area contributed by atoms with Crippen LogP contribution in [0.15, 0.2) is 47.6 Å². The molecule has 3 N–H and O–H groups in total. The lowest BCUT2D eigenvalue weighted by Gasteiger charge is -2.20. The normalized spacial score (nSPS) is 11.4. The first-order valence-corrected chi connectivity index (χ1v) is 7.71. The van der Waals surface area contributed by atoms with Crippen LogP contribution in [0.2, 0.25) is 0 Å². The molecule has 0 fully saturated rings. The van der Waals surface area contributed by atoms with Crippen LogP contribution in [0.1, 0.15) is 26.3 Å². The van der Waals surface area contributed by atoms with E-state index in [2.05, 4.69) is 15.3 Å². The molecule has 0 aliphatic carbocycles. The summed E-state index contributed by atoms with van der Waals surface area (Å²) in [6.07, 6.45) is 1.73. The fraction of sp³-hybridized carbons (Fsp3) is 0.333. The van der Waals surface area contributed by atoms with Gasteiger partial charge in [-0.15, -0.1) is 24.0 Å². The largest absolute Gasteiger partial charge is 0.497 e. The summed E-state index contributed by atoms with van der Waals surface area (Å²) in [7, 11) is 1.62. The number of benzene rings is 1. The molecule has 6 nitrogen and oxygen atoms in total. The van der Waals surface area contributed by atoms with Crippen molar-refractivity contribution >= 4 is 29.9 Å². The molecular formula is C18H25IN4O2. The fourth-order valence-electron chi connectivity index (χ4n) is 1.95. The number of nitrogens with zero attached hydrogens (tertiary/aromatic N) is 2. The standard InChI is InChI=1S/C18H24N4O2.HI/c1-18(2,3)22-17(19)21-12-13-8-9-16(20-11-13)24-15-7-5-6-14(10-15)23-4;/h5-11H,12H2,1-4H3,(H3,19,21,22);1H. The van der Waals surface area contributed by atoms with Gasteiger partial charge in [-0.2, -0.15) is 0 Å². The summed E-state index contributed by atoms with van der Waals surface area (Å²) in [5.74, 6) is 2.34. The molecule has 2 rings (SSSR count). The molecule has 0 spiro atoms. The maximum absolute atomic E-state index is 5.85. The maximum atomic E-state index is 5.85. The number of aromatic nitrogens is 1. The number of guanidine groups is 1. The lowest BCUT2D eigenvalue weighted by molar-refractivity contribution is 0.407. The van der Waals surface area contributed by atoms with Gasteiger partial charge in [0.2, 0.25) is 5.88 Å². The number of rotatable bonds is 5. The Labute approximate surface area is 165 Å². The minimum atomic E-state index is -0.111. The number of nitrogens with one attached hydrogen (secondary N) is 1. The second-order valence-electron chi connectivity index (χ2n) is 6.36. The van der Waals surface area contributed by atoms with Crippen LogP contribution < -0.4 is 20.5 Å². The Hall–Kier alpha value is -2.03. The van der Waals surface area contributed by atoms with Crippen molar-refractivity contribution in [2.45, 2.75) is 32.9 Å². The molecule has 0 unspecified atom stereocenters. The van der Waals surface area contributed by atoms with Gasteiger partial charge in [0.1, 0.15) is 11.5 Å². The molecule has 0 atom stereocenters. The van der Waals surface area contributed by atoms with Gasteiger partial charge < -0.3 is 20.5 Å². The van der Waals surface area contributed by atoms with Crippen molar-refractivity contribution in [3.8, 4) is 17.4 Å². The average molecular weight is 456 g/mol. The predicted octanol–water partition coefficient (Wildman–Crippen LogP) is 3.70. The molecule has 0 amide bonds. The van der Waals surface area contributed by atoms with E-state index in [1.54, 1.807) is 25.4 Å². The number of pyridine rings is 1. The van der Waals surface area contributed by atoms with E-state index in [4.69, 9.17) is 15.2 Å². The SMILES string of the molecule is COc1cccc(Oc2ccc(CN=C(N)NC(C)(C)C)cn2)c1.I. The molecule has 2 aromatic rings. The third-order valence-electron chi connectivity index (χ3n) is 3.00. The van der Waals surface area contributed by atoms with Crippen LogP contribution in [0.5, 0.6) is 17.4 Å². The number of methoxy groups -OCH3 is 1. The van der Waals surface area contributed by atoms with E-state index in [1.807, 2.05) is 45.0 Å². The van der Waals surface area contributed by atoms with Crippen molar-refractivity contribution in [1.29, 1.82) is 0 Å². The van der Waals surface area contributed by atoms with Crippen molar-refractivity contribution in [3.63, 3.8) is 0 Å². The summed E-state index contributed by atoms with van der Waals surface area (Å²) < 4.78 is 10.9. The highest BCUT2D eigenvalue weighted by atomic mass is 127. The number of halogens is 1. The Morgan fingerprint density at radius 3 is 2.52 bits per heavy atom. The number of hydrogen-bond donors (Lipinski definition) is 2. The summed E-state index contributed by atoms with van der Waals surface area (Å²) in [6.45, 7) is 6.55. The highest BCUT2D eigenvalue weighted by Crippen LogP contribution is 2.23. The van der Waals surface area contributed by atoms with E-state index in [0.29, 0.717) is 24.1 Å². The minimum absolute atomic E-state index is 0. The Morgan fingerprint density at radius 1 is 1.20 bits per heavy atom. The molecule has 1 aromatic carbocycles. The van der Waals surface area contributed by atoms with Gasteiger partial charge in [-0.05, 0) is 38.5 Å². The Kier molecular flexibility index (Phi) is 7.95. The van der Waals surface area contributed by atoms with E-state index in [1.165, 1.54) is 0 Å². The molecular weight excluding hydrogens is 431 g/mol. The second-order valence-corrected chi connectivity index (χ2v) is 6.36. The molecule has 0 aliphatic rings. The zero-order chi connectivity index (χ0) is 17.6. The van der Waals surface area contributed by atoms with Gasteiger partial charge in [-0.3, -0.25) is 0 Å². The Balaban J connectivity index is 0.00000312. The van der Waals surface area contributed by atoms with Gasteiger partial charge in [0.05, 0.1) is 13.7 Å². The lowest BCUT2D eigenvalue weighted by atomic mass is 10.1. The van der Waals surface area contributed by atoms with Gasteiger partial charge in [0, 0.05) is 23.9 Å². The van der Waals surface area contributed by atoms with Gasteiger partial charge in [-0.25, -0.2) is 9.98 Å². The number of nitrogens with two attached hydrogens (primary N) is 1. The van der Waals surface area contributed by atoms with Gasteiger partial charge in [0.25, 0.3) is 0 Å². The van der Waals surface area contributed by atoms with Crippen LogP contribution in [0.3, 0.4) is 0 Å². The third kappa shape index (κ3) is 7.59. The Morgan fingerprint density at radius 2 is 1.92 bits per heavy atom. The molecule has 0 bridgehead atoms. The summed E-state index contributed by atoms with van der Waals surface area (Å²) in [6, 6.07) is 11.1. The molecule has 0 radical (unpaired) electrons. The van der Waals surface area contributed by atoms with Gasteiger partial charge in [-0.1, -0.05) is 12.1 Å². The van der Waals surface area contributed by atoms with Crippen LogP contribution in [-0.2, 0) is 6.54 Å². The smallest absolute Gasteiger partial charge is 0.219 e. The fourth-order valence-corrected chi connectivity index (χ4v) is 1.95. The quantitative estimate of drug-likeness (QED) is 0.408. The molecule has 25 heavy (non-hydrogen) atoms. The van der Waals surface area contributed by atoms with E-state index in [-0.39, 0.29) is 29.5 Å². The van der Waals surface area contributed by atoms with E-state index in [9.17, 15) is 0 Å². The van der Waals surface area contributed by atoms with E-state index < -0.39 is 0 Å². The van der Waals surface area contributed by atoms with Crippen molar-refractivity contribution < 1.29 is 9.47 Å². The molecule has 136 valence electrons. The summed E-state index contributed by atoms with van der Waals surface area (Å²) in [5.41, 5.74) is 6.69. The molecule has 0 saturated heterocycles. The van der Waals surface area contributed by atoms with E-state index in [0.717, 1.165) is 11.3 Å². The molecule has 0 aliphatic heterocycles. The van der Waals surface area contributed by atoms with Crippen molar-refractivity contribution in [3.05, 3.63) is 48.2 Å². The van der Waals surface area contributed by atoms with Crippen molar-refractivity contribution in [2.24, 2.45) is 10.7 Å². The maximum Gasteiger partial charge on any atom is 0.219 e. The monoisotopic (exact) mass is 456 g/mol. The second kappa shape index (κ2) is 9.45. The number of aliphatic imine (C=N–C) groups is 1. The van der Waals surface area contributed by atoms with Gasteiger partial charge in [0.15, 0.2) is 5.96 Å². The predicted molar refractivity (Wildman–Crippen MR) is 111 cm³/mol. The number of ether oxygens (including phenoxy) is 2. The summed E-state index contributed by atoms with van der Waals surface area (Å²) in [4.78, 5) is 8.59. The third-order valence-corrected chi connectivity index (χ3v) is 3.00. The van der Waals surface area contributed by atoms with Crippen LogP contribution in [-0.4, -0.2) is 23.6 Å². The average Bonchev–Trinajstić information content (AvgIpc) is 2.53. The van der Waals surface area contributed by atoms with Crippen molar-refractivity contribution in [1.82, 2.24) is 10.3 Å². The first-order chi connectivity index (χ1) is 11.4. The van der Waals surface area contributed by atoms with Crippen molar-refractivity contribution in [2.75, 3.05) is 7.11 Å². The summed E-state index contributed by atoms with van der Waals surface area (Å²) >= 11 is 0. The van der Waals surface area contributed by atoms with Gasteiger partial charge >= 0.3 is 0 Å². The molecule has 1 heterocycles. The highest BCUT2D eigenvalue weighted by Gasteiger charge is 2.09. The van der Waals surface area contributed by atoms with Crippen LogP contribution in [0, 0.1) is 0 Å². The topological polar surface area (TPSA) is 81.8 Å². The van der Waals surface area contributed by atoms with Crippen LogP contribution in [0.25, 0.3) is 0 Å². The summed E-state index contributed by atoms with van der Waals surface area (Å²) in [5, 5.41) is 3.12. The minimum Gasteiger partial charge on any atom is -0.497 e. The van der Waals surface area contributed by atoms with E-state index >= 15 is 0 Å². The van der Waals surface area contributed by atoms with Crippen LogP contribution in [0.4, 0.5) is 0 Å². The molecule has 7 heteroatoms. The highest BCUT2D eigenvalue weighted by molar-refractivity contribution is 14.0. The molecule has 1 aromatic heterocycles.